The Hall–Kier alpha value is -2.12. The molecule has 0 saturated carbocycles. The number of benzene rings is 1. The highest BCUT2D eigenvalue weighted by Crippen LogP contribution is 2.13. The van der Waals surface area contributed by atoms with Crippen LogP contribution in [0.3, 0.4) is 0 Å². The Morgan fingerprint density at radius 2 is 2.14 bits per heavy atom. The van der Waals surface area contributed by atoms with Crippen LogP contribution in [-0.4, -0.2) is 49.3 Å². The van der Waals surface area contributed by atoms with Crippen molar-refractivity contribution in [3.05, 3.63) is 29.8 Å². The molecule has 2 unspecified atom stereocenters. The van der Waals surface area contributed by atoms with Crippen LogP contribution in [0.2, 0.25) is 0 Å². The Bertz CT molecular complexity index is 521. The Labute approximate surface area is 123 Å². The smallest absolute Gasteiger partial charge is 0.253 e. The van der Waals surface area contributed by atoms with Gasteiger partial charge in [0.15, 0.2) is 0 Å². The van der Waals surface area contributed by atoms with Gasteiger partial charge in [-0.2, -0.15) is 0 Å². The van der Waals surface area contributed by atoms with Crippen molar-refractivity contribution >= 4 is 17.5 Å². The molecule has 5 N–H and O–H groups in total. The Balaban J connectivity index is 1.76. The monoisotopic (exact) mass is 292 g/mol. The standard InChI is InChI=1S/C14H20N4O3/c1-15-10-5-3-2-4-9(10)13(20)17-7-6-16-11-8-12(19)18-14(11)21/h2-5,11,14-16,21H,6-8H2,1H3,(H,17,20)(H,18,19). The van der Waals surface area contributed by atoms with Gasteiger partial charge in [-0.3, -0.25) is 9.59 Å². The van der Waals surface area contributed by atoms with E-state index in [9.17, 15) is 14.7 Å². The van der Waals surface area contributed by atoms with Crippen molar-refractivity contribution in [2.45, 2.75) is 18.7 Å². The lowest BCUT2D eigenvalue weighted by Gasteiger charge is -2.15. The first-order chi connectivity index (χ1) is 10.1. The Kier molecular flexibility index (Phi) is 5.13. The third kappa shape index (κ3) is 3.93. The zero-order chi connectivity index (χ0) is 15.2. The predicted octanol–water partition coefficient (Wildman–Crippen LogP) is -0.745. The summed E-state index contributed by atoms with van der Waals surface area (Å²) < 4.78 is 0. The fraction of sp³-hybridized carbons (Fsp3) is 0.429. The Morgan fingerprint density at radius 3 is 2.81 bits per heavy atom. The number of carbonyl (C=O) groups excluding carboxylic acids is 2. The minimum Gasteiger partial charge on any atom is -0.387 e. The van der Waals surface area contributed by atoms with Crippen LogP contribution in [0, 0.1) is 0 Å². The first-order valence-electron chi connectivity index (χ1n) is 6.87. The van der Waals surface area contributed by atoms with Gasteiger partial charge in [-0.05, 0) is 12.1 Å². The van der Waals surface area contributed by atoms with E-state index in [1.54, 1.807) is 19.2 Å². The van der Waals surface area contributed by atoms with E-state index >= 15 is 0 Å². The molecule has 7 nitrogen and oxygen atoms in total. The summed E-state index contributed by atoms with van der Waals surface area (Å²) in [6.45, 7) is 0.887. The zero-order valence-electron chi connectivity index (χ0n) is 11.8. The molecule has 2 amide bonds. The molecular weight excluding hydrogens is 272 g/mol. The average Bonchev–Trinajstić information content (AvgIpc) is 2.81. The van der Waals surface area contributed by atoms with Crippen LogP contribution >= 0.6 is 0 Å². The van der Waals surface area contributed by atoms with Gasteiger partial charge in [0, 0.05) is 32.2 Å². The van der Waals surface area contributed by atoms with E-state index in [0.29, 0.717) is 18.7 Å². The molecule has 1 heterocycles. The molecule has 0 aromatic heterocycles. The van der Waals surface area contributed by atoms with E-state index in [4.69, 9.17) is 0 Å². The van der Waals surface area contributed by atoms with Gasteiger partial charge in [-0.1, -0.05) is 12.1 Å². The lowest BCUT2D eigenvalue weighted by Crippen LogP contribution is -2.43. The van der Waals surface area contributed by atoms with Gasteiger partial charge in [0.2, 0.25) is 5.91 Å². The van der Waals surface area contributed by atoms with Crippen LogP contribution in [0.25, 0.3) is 0 Å². The number of amides is 2. The average molecular weight is 292 g/mol. The summed E-state index contributed by atoms with van der Waals surface area (Å²) in [5, 5.41) is 20.7. The molecule has 1 aliphatic rings. The number of hydrogen-bond donors (Lipinski definition) is 5. The second-order valence-corrected chi connectivity index (χ2v) is 4.83. The van der Waals surface area contributed by atoms with E-state index in [1.807, 2.05) is 12.1 Å². The maximum absolute atomic E-state index is 12.0. The van der Waals surface area contributed by atoms with Crippen molar-refractivity contribution in [2.24, 2.45) is 0 Å². The number of nitrogens with one attached hydrogen (secondary N) is 4. The minimum atomic E-state index is -0.863. The molecule has 0 radical (unpaired) electrons. The van der Waals surface area contributed by atoms with Crippen LogP contribution in [0.15, 0.2) is 24.3 Å². The van der Waals surface area contributed by atoms with Crippen LogP contribution in [-0.2, 0) is 4.79 Å². The fourth-order valence-corrected chi connectivity index (χ4v) is 2.25. The molecule has 1 fully saturated rings. The molecule has 0 bridgehead atoms. The van der Waals surface area contributed by atoms with Crippen molar-refractivity contribution in [2.75, 3.05) is 25.5 Å². The number of anilines is 1. The van der Waals surface area contributed by atoms with Crippen LogP contribution in [0.4, 0.5) is 5.69 Å². The summed E-state index contributed by atoms with van der Waals surface area (Å²) in [5.74, 6) is -0.338. The third-order valence-electron chi connectivity index (χ3n) is 3.35. The first kappa shape index (κ1) is 15.3. The SMILES string of the molecule is CNc1ccccc1C(=O)NCCNC1CC(=O)NC1O. The molecule has 0 spiro atoms. The van der Waals surface area contributed by atoms with Crippen LogP contribution < -0.4 is 21.3 Å². The maximum Gasteiger partial charge on any atom is 0.253 e. The van der Waals surface area contributed by atoms with Gasteiger partial charge in [0.25, 0.3) is 5.91 Å². The molecule has 1 aliphatic heterocycles. The van der Waals surface area contributed by atoms with Crippen molar-refractivity contribution in [1.82, 2.24) is 16.0 Å². The van der Waals surface area contributed by atoms with Gasteiger partial charge >= 0.3 is 0 Å². The van der Waals surface area contributed by atoms with Gasteiger partial charge in [0.05, 0.1) is 11.6 Å². The zero-order valence-corrected chi connectivity index (χ0v) is 11.8. The van der Waals surface area contributed by atoms with E-state index in [0.717, 1.165) is 5.69 Å². The molecular formula is C14H20N4O3. The van der Waals surface area contributed by atoms with E-state index in [2.05, 4.69) is 21.3 Å². The molecule has 7 heteroatoms. The molecule has 114 valence electrons. The lowest BCUT2D eigenvalue weighted by atomic mass is 10.1. The molecule has 21 heavy (non-hydrogen) atoms. The van der Waals surface area contributed by atoms with Crippen LogP contribution in [0.5, 0.6) is 0 Å². The number of carbonyl (C=O) groups is 2. The molecule has 1 aromatic rings. The van der Waals surface area contributed by atoms with Gasteiger partial charge in [0.1, 0.15) is 6.23 Å². The number of rotatable bonds is 6. The summed E-state index contributed by atoms with van der Waals surface area (Å²) in [6, 6.07) is 6.94. The van der Waals surface area contributed by atoms with Crippen molar-refractivity contribution in [3.63, 3.8) is 0 Å². The topological polar surface area (TPSA) is 102 Å². The second kappa shape index (κ2) is 7.05. The molecule has 2 rings (SSSR count). The second-order valence-electron chi connectivity index (χ2n) is 4.83. The van der Waals surface area contributed by atoms with Crippen molar-refractivity contribution in [3.8, 4) is 0 Å². The van der Waals surface area contributed by atoms with Crippen LogP contribution in [0.1, 0.15) is 16.8 Å². The maximum atomic E-state index is 12.0. The van der Waals surface area contributed by atoms with E-state index in [1.165, 1.54) is 0 Å². The highest BCUT2D eigenvalue weighted by atomic mass is 16.3. The number of para-hydroxylation sites is 1. The normalized spacial score (nSPS) is 21.0. The van der Waals surface area contributed by atoms with Gasteiger partial charge in [-0.25, -0.2) is 0 Å². The van der Waals surface area contributed by atoms with E-state index < -0.39 is 6.23 Å². The minimum absolute atomic E-state index is 0.164. The summed E-state index contributed by atoms with van der Waals surface area (Å²) in [4.78, 5) is 23.1. The summed E-state index contributed by atoms with van der Waals surface area (Å²) in [6.07, 6.45) is -0.615. The third-order valence-corrected chi connectivity index (χ3v) is 3.35. The number of aliphatic hydroxyl groups excluding tert-OH is 1. The molecule has 1 saturated heterocycles. The molecule has 0 aliphatic carbocycles. The van der Waals surface area contributed by atoms with E-state index in [-0.39, 0.29) is 24.3 Å². The predicted molar refractivity (Wildman–Crippen MR) is 78.9 cm³/mol. The summed E-state index contributed by atoms with van der Waals surface area (Å²) >= 11 is 0. The molecule has 1 aromatic carbocycles. The summed E-state index contributed by atoms with van der Waals surface area (Å²) in [5.41, 5.74) is 1.35. The first-order valence-corrected chi connectivity index (χ1v) is 6.87. The quantitative estimate of drug-likeness (QED) is 0.444. The van der Waals surface area contributed by atoms with Crippen molar-refractivity contribution < 1.29 is 14.7 Å². The highest BCUT2D eigenvalue weighted by Gasteiger charge is 2.29. The molecule has 2 atom stereocenters. The number of hydrogen-bond acceptors (Lipinski definition) is 5. The van der Waals surface area contributed by atoms with Gasteiger partial charge in [-0.15, -0.1) is 0 Å². The Morgan fingerprint density at radius 1 is 1.38 bits per heavy atom. The van der Waals surface area contributed by atoms with Gasteiger partial charge < -0.3 is 26.4 Å². The fourth-order valence-electron chi connectivity index (χ4n) is 2.25. The summed E-state index contributed by atoms with van der Waals surface area (Å²) in [7, 11) is 1.76. The number of aliphatic hydroxyl groups is 1. The highest BCUT2D eigenvalue weighted by molar-refractivity contribution is 5.99. The van der Waals surface area contributed by atoms with Crippen molar-refractivity contribution in [1.29, 1.82) is 0 Å². The lowest BCUT2D eigenvalue weighted by molar-refractivity contribution is -0.120. The largest absolute Gasteiger partial charge is 0.387 e.